The van der Waals surface area contributed by atoms with Gasteiger partial charge in [-0.15, -0.1) is 0 Å². The number of hydrogen-bond donors (Lipinski definition) is 3. The molecule has 1 fully saturated rings. The molecule has 20 heavy (non-hydrogen) atoms. The van der Waals surface area contributed by atoms with E-state index in [1.165, 1.54) is 0 Å². The fourth-order valence-corrected chi connectivity index (χ4v) is 2.24. The summed E-state index contributed by atoms with van der Waals surface area (Å²) in [5.41, 5.74) is 0. The van der Waals surface area contributed by atoms with Gasteiger partial charge < -0.3 is 20.5 Å². The highest BCUT2D eigenvalue weighted by molar-refractivity contribution is 5.74. The molecule has 3 N–H and O–H groups in total. The molecular formula is C14H26N2O4. The van der Waals surface area contributed by atoms with Gasteiger partial charge in [0.1, 0.15) is 0 Å². The summed E-state index contributed by atoms with van der Waals surface area (Å²) < 4.78 is 5.43. The van der Waals surface area contributed by atoms with Crippen LogP contribution in [0, 0.1) is 5.92 Å². The van der Waals surface area contributed by atoms with Crippen LogP contribution in [0.25, 0.3) is 0 Å². The Morgan fingerprint density at radius 1 is 1.35 bits per heavy atom. The van der Waals surface area contributed by atoms with E-state index in [2.05, 4.69) is 10.6 Å². The van der Waals surface area contributed by atoms with Crippen LogP contribution in [0.2, 0.25) is 0 Å². The maximum atomic E-state index is 11.6. The summed E-state index contributed by atoms with van der Waals surface area (Å²) in [6, 6.07) is 0.0753. The summed E-state index contributed by atoms with van der Waals surface area (Å²) in [5, 5.41) is 14.3. The number of carbonyl (C=O) groups is 2. The van der Waals surface area contributed by atoms with Crippen LogP contribution in [0.4, 0.5) is 4.79 Å². The van der Waals surface area contributed by atoms with Gasteiger partial charge in [-0.1, -0.05) is 6.92 Å². The highest BCUT2D eigenvalue weighted by Gasteiger charge is 2.30. The second-order valence-corrected chi connectivity index (χ2v) is 5.47. The first kappa shape index (κ1) is 16.8. The van der Waals surface area contributed by atoms with Crippen molar-refractivity contribution in [2.45, 2.75) is 58.1 Å². The lowest BCUT2D eigenvalue weighted by Crippen LogP contribution is -2.51. The number of aliphatic carboxylic acids is 1. The van der Waals surface area contributed by atoms with Crippen molar-refractivity contribution in [1.82, 2.24) is 10.6 Å². The summed E-state index contributed by atoms with van der Waals surface area (Å²) in [4.78, 5) is 22.0. The Kier molecular flexibility index (Phi) is 7.36. The van der Waals surface area contributed by atoms with E-state index in [-0.39, 0.29) is 18.5 Å². The topological polar surface area (TPSA) is 87.7 Å². The highest BCUT2D eigenvalue weighted by atomic mass is 16.5. The number of carboxylic acid groups (broad SMARTS) is 1. The van der Waals surface area contributed by atoms with Crippen LogP contribution < -0.4 is 10.6 Å². The monoisotopic (exact) mass is 286 g/mol. The highest BCUT2D eigenvalue weighted by Crippen LogP contribution is 2.22. The standard InChI is InChI=1S/C14H26N2O4/c1-3-20-12-8-11(9-12)16-14(19)15-7-6-10(2)4-5-13(17)18/h10-12H,3-9H2,1-2H3,(H,17,18)(H2,15,16,19). The predicted molar refractivity (Wildman–Crippen MR) is 75.6 cm³/mol. The van der Waals surface area contributed by atoms with Gasteiger partial charge in [-0.3, -0.25) is 4.79 Å². The molecule has 1 unspecified atom stereocenters. The first-order valence-corrected chi connectivity index (χ1v) is 7.39. The largest absolute Gasteiger partial charge is 0.481 e. The van der Waals surface area contributed by atoms with E-state index in [0.717, 1.165) is 25.9 Å². The van der Waals surface area contributed by atoms with Gasteiger partial charge in [0.15, 0.2) is 0 Å². The van der Waals surface area contributed by atoms with Crippen molar-refractivity contribution >= 4 is 12.0 Å². The molecule has 0 radical (unpaired) electrons. The molecule has 0 aliphatic heterocycles. The lowest BCUT2D eigenvalue weighted by Gasteiger charge is -2.35. The van der Waals surface area contributed by atoms with Gasteiger partial charge in [0, 0.05) is 25.6 Å². The number of rotatable bonds is 9. The first-order chi connectivity index (χ1) is 9.51. The van der Waals surface area contributed by atoms with E-state index in [4.69, 9.17) is 9.84 Å². The third-order valence-corrected chi connectivity index (χ3v) is 3.61. The van der Waals surface area contributed by atoms with Crippen molar-refractivity contribution in [1.29, 1.82) is 0 Å². The molecule has 0 aromatic heterocycles. The number of urea groups is 1. The quantitative estimate of drug-likeness (QED) is 0.602. The molecule has 1 saturated carbocycles. The van der Waals surface area contributed by atoms with Crippen LogP contribution in [-0.2, 0) is 9.53 Å². The van der Waals surface area contributed by atoms with Crippen LogP contribution in [-0.4, -0.2) is 42.4 Å². The molecule has 0 spiro atoms. The minimum atomic E-state index is -0.767. The normalized spacial score (nSPS) is 22.7. The summed E-state index contributed by atoms with van der Waals surface area (Å²) in [5.74, 6) is -0.464. The number of hydrogen-bond acceptors (Lipinski definition) is 3. The van der Waals surface area contributed by atoms with Crippen molar-refractivity contribution in [2.24, 2.45) is 5.92 Å². The van der Waals surface area contributed by atoms with Crippen molar-refractivity contribution in [3.8, 4) is 0 Å². The number of carboxylic acids is 1. The maximum absolute atomic E-state index is 11.6. The third-order valence-electron chi connectivity index (χ3n) is 3.61. The Balaban J connectivity index is 1.99. The molecule has 6 heteroatoms. The molecule has 0 saturated heterocycles. The Morgan fingerprint density at radius 2 is 2.05 bits per heavy atom. The zero-order chi connectivity index (χ0) is 15.0. The number of carbonyl (C=O) groups excluding carboxylic acids is 1. The molecule has 6 nitrogen and oxygen atoms in total. The number of nitrogens with one attached hydrogen (secondary N) is 2. The van der Waals surface area contributed by atoms with Crippen LogP contribution in [0.5, 0.6) is 0 Å². The Morgan fingerprint density at radius 3 is 2.65 bits per heavy atom. The van der Waals surface area contributed by atoms with Crippen molar-refractivity contribution in [2.75, 3.05) is 13.2 Å². The molecule has 0 aromatic rings. The van der Waals surface area contributed by atoms with E-state index in [1.54, 1.807) is 0 Å². The summed E-state index contributed by atoms with van der Waals surface area (Å²) in [7, 11) is 0. The molecule has 1 aliphatic rings. The van der Waals surface area contributed by atoms with Gasteiger partial charge in [-0.2, -0.15) is 0 Å². The number of ether oxygens (including phenoxy) is 1. The van der Waals surface area contributed by atoms with Gasteiger partial charge in [0.05, 0.1) is 6.10 Å². The van der Waals surface area contributed by atoms with Crippen molar-refractivity contribution < 1.29 is 19.4 Å². The molecule has 2 amide bonds. The maximum Gasteiger partial charge on any atom is 0.315 e. The zero-order valence-corrected chi connectivity index (χ0v) is 12.4. The summed E-state index contributed by atoms with van der Waals surface area (Å²) >= 11 is 0. The zero-order valence-electron chi connectivity index (χ0n) is 12.4. The fourth-order valence-electron chi connectivity index (χ4n) is 2.24. The minimum Gasteiger partial charge on any atom is -0.481 e. The van der Waals surface area contributed by atoms with E-state index in [9.17, 15) is 9.59 Å². The first-order valence-electron chi connectivity index (χ1n) is 7.39. The smallest absolute Gasteiger partial charge is 0.315 e. The summed E-state index contributed by atoms with van der Waals surface area (Å²) in [6.45, 7) is 5.27. The molecule has 0 bridgehead atoms. The van der Waals surface area contributed by atoms with Crippen LogP contribution in [0.1, 0.15) is 46.0 Å². The second-order valence-electron chi connectivity index (χ2n) is 5.47. The molecular weight excluding hydrogens is 260 g/mol. The SMILES string of the molecule is CCOC1CC(NC(=O)NCCC(C)CCC(=O)O)C1. The van der Waals surface area contributed by atoms with Gasteiger partial charge >= 0.3 is 12.0 Å². The third kappa shape index (κ3) is 6.75. The molecule has 1 atom stereocenters. The van der Waals surface area contributed by atoms with Crippen LogP contribution in [0.15, 0.2) is 0 Å². The van der Waals surface area contributed by atoms with Crippen molar-refractivity contribution in [3.05, 3.63) is 0 Å². The van der Waals surface area contributed by atoms with Gasteiger partial charge in [0.2, 0.25) is 0 Å². The van der Waals surface area contributed by atoms with Gasteiger partial charge in [-0.05, 0) is 38.5 Å². The van der Waals surface area contributed by atoms with E-state index >= 15 is 0 Å². The van der Waals surface area contributed by atoms with Crippen LogP contribution >= 0.6 is 0 Å². The van der Waals surface area contributed by atoms with Gasteiger partial charge in [0.25, 0.3) is 0 Å². The van der Waals surface area contributed by atoms with E-state index < -0.39 is 5.97 Å². The average Bonchev–Trinajstić information content (AvgIpc) is 2.34. The molecule has 1 rings (SSSR count). The lowest BCUT2D eigenvalue weighted by molar-refractivity contribution is -0.137. The number of amides is 2. The Bertz CT molecular complexity index is 316. The Labute approximate surface area is 120 Å². The van der Waals surface area contributed by atoms with Crippen molar-refractivity contribution in [3.63, 3.8) is 0 Å². The second kappa shape index (κ2) is 8.79. The van der Waals surface area contributed by atoms with E-state index in [1.807, 2.05) is 13.8 Å². The molecule has 0 heterocycles. The molecule has 116 valence electrons. The minimum absolute atomic E-state index is 0.143. The fraction of sp³-hybridized carbons (Fsp3) is 0.857. The predicted octanol–water partition coefficient (Wildman–Crippen LogP) is 1.74. The van der Waals surface area contributed by atoms with E-state index in [0.29, 0.717) is 25.0 Å². The Hall–Kier alpha value is -1.30. The van der Waals surface area contributed by atoms with Gasteiger partial charge in [-0.25, -0.2) is 4.79 Å². The average molecular weight is 286 g/mol. The summed E-state index contributed by atoms with van der Waals surface area (Å²) in [6.07, 6.45) is 3.70. The lowest BCUT2D eigenvalue weighted by atomic mass is 9.89. The molecule has 0 aromatic carbocycles. The van der Waals surface area contributed by atoms with Crippen LogP contribution in [0.3, 0.4) is 0 Å². The molecule has 1 aliphatic carbocycles.